The molecule has 0 aliphatic carbocycles. The van der Waals surface area contributed by atoms with Gasteiger partial charge >= 0.3 is 5.97 Å². The van der Waals surface area contributed by atoms with E-state index in [9.17, 15) is 9.59 Å². The monoisotopic (exact) mass is 259 g/mol. The van der Waals surface area contributed by atoms with E-state index in [4.69, 9.17) is 5.11 Å². The second-order valence-electron chi connectivity index (χ2n) is 3.90. The second kappa shape index (κ2) is 5.81. The third kappa shape index (κ3) is 3.41. The van der Waals surface area contributed by atoms with Crippen LogP contribution in [0.25, 0.3) is 5.69 Å². The highest BCUT2D eigenvalue weighted by molar-refractivity contribution is 5.94. The summed E-state index contributed by atoms with van der Waals surface area (Å²) >= 11 is 0. The van der Waals surface area contributed by atoms with Crippen LogP contribution in [0.3, 0.4) is 0 Å². The highest BCUT2D eigenvalue weighted by atomic mass is 16.4. The maximum atomic E-state index is 11.7. The van der Waals surface area contributed by atoms with E-state index in [2.05, 4.69) is 10.4 Å². The first-order chi connectivity index (χ1) is 9.16. The van der Waals surface area contributed by atoms with Crippen LogP contribution in [0.15, 0.2) is 42.7 Å². The van der Waals surface area contributed by atoms with Gasteiger partial charge in [-0.3, -0.25) is 9.59 Å². The molecule has 1 amide bonds. The lowest BCUT2D eigenvalue weighted by Crippen LogP contribution is -2.25. The molecule has 2 aromatic rings. The highest BCUT2D eigenvalue weighted by Crippen LogP contribution is 2.08. The number of hydrogen-bond donors (Lipinski definition) is 2. The molecule has 2 rings (SSSR count). The molecule has 6 nitrogen and oxygen atoms in total. The largest absolute Gasteiger partial charge is 0.481 e. The fourth-order valence-corrected chi connectivity index (χ4v) is 1.57. The molecule has 0 fully saturated rings. The van der Waals surface area contributed by atoms with Gasteiger partial charge in [-0.2, -0.15) is 5.10 Å². The van der Waals surface area contributed by atoms with E-state index >= 15 is 0 Å². The normalized spacial score (nSPS) is 10.1. The number of carbonyl (C=O) groups excluding carboxylic acids is 1. The van der Waals surface area contributed by atoms with Crippen LogP contribution in [0, 0.1) is 0 Å². The summed E-state index contributed by atoms with van der Waals surface area (Å²) in [6, 6.07) is 8.71. The minimum atomic E-state index is -0.936. The average molecular weight is 259 g/mol. The van der Waals surface area contributed by atoms with Gasteiger partial charge in [-0.25, -0.2) is 4.68 Å². The predicted octanol–water partition coefficient (Wildman–Crippen LogP) is 1.08. The molecule has 2 N–H and O–H groups in total. The van der Waals surface area contributed by atoms with Crippen LogP contribution in [0.5, 0.6) is 0 Å². The number of aromatic nitrogens is 2. The van der Waals surface area contributed by atoms with E-state index in [1.54, 1.807) is 35.1 Å². The van der Waals surface area contributed by atoms with Crippen molar-refractivity contribution >= 4 is 11.9 Å². The standard InChI is InChI=1S/C13H13N3O3/c17-12(18)6-8-14-13(19)10-2-4-11(5-3-10)16-9-1-7-15-16/h1-5,7,9H,6,8H2,(H,14,19)(H,17,18). The summed E-state index contributed by atoms with van der Waals surface area (Å²) in [6.07, 6.45) is 3.39. The first-order valence-corrected chi connectivity index (χ1v) is 5.77. The number of amides is 1. The van der Waals surface area contributed by atoms with Crippen molar-refractivity contribution in [1.82, 2.24) is 15.1 Å². The second-order valence-corrected chi connectivity index (χ2v) is 3.90. The number of rotatable bonds is 5. The third-order valence-electron chi connectivity index (χ3n) is 2.52. The zero-order chi connectivity index (χ0) is 13.7. The van der Waals surface area contributed by atoms with Gasteiger partial charge in [0.05, 0.1) is 12.1 Å². The van der Waals surface area contributed by atoms with Gasteiger partial charge in [0, 0.05) is 24.5 Å². The Bertz CT molecular complexity index is 561. The minimum Gasteiger partial charge on any atom is -0.481 e. The molecule has 1 aromatic carbocycles. The van der Waals surface area contributed by atoms with Crippen molar-refractivity contribution in [2.45, 2.75) is 6.42 Å². The molecule has 19 heavy (non-hydrogen) atoms. The average Bonchev–Trinajstić information content (AvgIpc) is 2.92. The van der Waals surface area contributed by atoms with Crippen molar-refractivity contribution in [2.75, 3.05) is 6.54 Å². The molecule has 0 spiro atoms. The zero-order valence-electron chi connectivity index (χ0n) is 10.1. The van der Waals surface area contributed by atoms with Gasteiger partial charge in [0.15, 0.2) is 0 Å². The Balaban J connectivity index is 1.98. The molecular formula is C13H13N3O3. The van der Waals surface area contributed by atoms with E-state index < -0.39 is 5.97 Å². The van der Waals surface area contributed by atoms with E-state index in [0.29, 0.717) is 5.56 Å². The summed E-state index contributed by atoms with van der Waals surface area (Å²) in [5.74, 6) is -1.22. The third-order valence-corrected chi connectivity index (χ3v) is 2.52. The number of hydrogen-bond acceptors (Lipinski definition) is 3. The number of carboxylic acid groups (broad SMARTS) is 1. The molecular weight excluding hydrogens is 246 g/mol. The summed E-state index contributed by atoms with van der Waals surface area (Å²) in [5, 5.41) is 15.1. The molecule has 1 heterocycles. The smallest absolute Gasteiger partial charge is 0.305 e. The van der Waals surface area contributed by atoms with Crippen LogP contribution in [-0.4, -0.2) is 33.3 Å². The van der Waals surface area contributed by atoms with Gasteiger partial charge in [-0.05, 0) is 30.3 Å². The Morgan fingerprint density at radius 1 is 1.26 bits per heavy atom. The Kier molecular flexibility index (Phi) is 3.92. The topological polar surface area (TPSA) is 84.2 Å². The van der Waals surface area contributed by atoms with Crippen LogP contribution >= 0.6 is 0 Å². The number of nitrogens with one attached hydrogen (secondary N) is 1. The Morgan fingerprint density at radius 3 is 2.58 bits per heavy atom. The fraction of sp³-hybridized carbons (Fsp3) is 0.154. The van der Waals surface area contributed by atoms with Crippen molar-refractivity contribution in [1.29, 1.82) is 0 Å². The van der Waals surface area contributed by atoms with Crippen LogP contribution < -0.4 is 5.32 Å². The molecule has 0 saturated heterocycles. The van der Waals surface area contributed by atoms with Crippen molar-refractivity contribution in [3.05, 3.63) is 48.3 Å². The van der Waals surface area contributed by atoms with Crippen molar-refractivity contribution in [3.63, 3.8) is 0 Å². The number of carboxylic acids is 1. The SMILES string of the molecule is O=C(O)CCNC(=O)c1ccc(-n2cccn2)cc1. The van der Waals surface area contributed by atoms with Gasteiger partial charge in [0.2, 0.25) is 0 Å². The Hall–Kier alpha value is -2.63. The maximum absolute atomic E-state index is 11.7. The van der Waals surface area contributed by atoms with Crippen molar-refractivity contribution in [3.8, 4) is 5.69 Å². The number of nitrogens with zero attached hydrogens (tertiary/aromatic N) is 2. The Labute approximate surface area is 109 Å². The molecule has 1 aromatic heterocycles. The van der Waals surface area contributed by atoms with Crippen LogP contribution in [0.4, 0.5) is 0 Å². The lowest BCUT2D eigenvalue weighted by molar-refractivity contribution is -0.136. The maximum Gasteiger partial charge on any atom is 0.305 e. The summed E-state index contributed by atoms with van der Waals surface area (Å²) in [7, 11) is 0. The molecule has 98 valence electrons. The van der Waals surface area contributed by atoms with Crippen molar-refractivity contribution in [2.24, 2.45) is 0 Å². The zero-order valence-corrected chi connectivity index (χ0v) is 10.1. The molecule has 0 aliphatic heterocycles. The summed E-state index contributed by atoms with van der Waals surface area (Å²) in [5.41, 5.74) is 1.34. The molecule has 0 bridgehead atoms. The fourth-order valence-electron chi connectivity index (χ4n) is 1.57. The molecule has 0 atom stereocenters. The van der Waals surface area contributed by atoms with Gasteiger partial charge in [0.1, 0.15) is 0 Å². The van der Waals surface area contributed by atoms with E-state index in [-0.39, 0.29) is 18.9 Å². The van der Waals surface area contributed by atoms with Crippen LogP contribution in [-0.2, 0) is 4.79 Å². The van der Waals surface area contributed by atoms with E-state index in [1.165, 1.54) is 0 Å². The van der Waals surface area contributed by atoms with Gasteiger partial charge < -0.3 is 10.4 Å². The molecule has 0 unspecified atom stereocenters. The quantitative estimate of drug-likeness (QED) is 0.841. The summed E-state index contributed by atoms with van der Waals surface area (Å²) in [6.45, 7) is 0.120. The van der Waals surface area contributed by atoms with Gasteiger partial charge in [0.25, 0.3) is 5.91 Å². The van der Waals surface area contributed by atoms with Gasteiger partial charge in [-0.1, -0.05) is 0 Å². The highest BCUT2D eigenvalue weighted by Gasteiger charge is 2.06. The lowest BCUT2D eigenvalue weighted by Gasteiger charge is -2.05. The van der Waals surface area contributed by atoms with Crippen LogP contribution in [0.2, 0.25) is 0 Å². The number of benzene rings is 1. The summed E-state index contributed by atoms with van der Waals surface area (Å²) < 4.78 is 1.69. The lowest BCUT2D eigenvalue weighted by atomic mass is 10.2. The number of aliphatic carboxylic acids is 1. The molecule has 0 aliphatic rings. The van der Waals surface area contributed by atoms with E-state index in [1.807, 2.05) is 12.3 Å². The number of carbonyl (C=O) groups is 2. The molecule has 0 saturated carbocycles. The Morgan fingerprint density at radius 2 is 2.00 bits per heavy atom. The first kappa shape index (κ1) is 12.8. The summed E-state index contributed by atoms with van der Waals surface area (Å²) in [4.78, 5) is 22.0. The van der Waals surface area contributed by atoms with Crippen LogP contribution in [0.1, 0.15) is 16.8 Å². The molecule has 6 heteroatoms. The van der Waals surface area contributed by atoms with Crippen molar-refractivity contribution < 1.29 is 14.7 Å². The predicted molar refractivity (Wildman–Crippen MR) is 68.2 cm³/mol. The molecule has 0 radical (unpaired) electrons. The van der Waals surface area contributed by atoms with Gasteiger partial charge in [-0.15, -0.1) is 0 Å². The minimum absolute atomic E-state index is 0.0862. The van der Waals surface area contributed by atoms with E-state index in [0.717, 1.165) is 5.69 Å². The first-order valence-electron chi connectivity index (χ1n) is 5.77.